The predicted octanol–water partition coefficient (Wildman–Crippen LogP) is 1.61. The number of sulfonamides is 1. The van der Waals surface area contributed by atoms with Gasteiger partial charge in [0.2, 0.25) is 10.0 Å². The summed E-state index contributed by atoms with van der Waals surface area (Å²) in [5.74, 6) is 0. The molecule has 0 aliphatic carbocycles. The largest absolute Gasteiger partial charge is 0.396 e. The van der Waals surface area contributed by atoms with E-state index in [1.807, 2.05) is 27.7 Å². The molecule has 0 spiro atoms. The molecule has 0 bridgehead atoms. The van der Waals surface area contributed by atoms with Crippen LogP contribution in [0.2, 0.25) is 0 Å². The molecule has 1 fully saturated rings. The van der Waals surface area contributed by atoms with E-state index in [1.165, 1.54) is 0 Å². The Bertz CT molecular complexity index is 637. The van der Waals surface area contributed by atoms with Gasteiger partial charge in [-0.1, -0.05) is 6.07 Å². The fraction of sp³-hybridized carbons (Fsp3) is 0.647. The SMILES string of the molecule is Cc1cc(C)c(C)c(S(=O)(=O)N2CCN(CCCO)CC2)c1C. The Morgan fingerprint density at radius 3 is 2.00 bits per heavy atom. The third kappa shape index (κ3) is 3.76. The number of piperazine rings is 1. The number of nitrogens with zero attached hydrogens (tertiary/aromatic N) is 2. The Balaban J connectivity index is 2.24. The maximum atomic E-state index is 13.1. The molecule has 1 heterocycles. The molecular weight excluding hydrogens is 312 g/mol. The van der Waals surface area contributed by atoms with E-state index in [0.717, 1.165) is 48.3 Å². The van der Waals surface area contributed by atoms with Gasteiger partial charge in [-0.3, -0.25) is 0 Å². The summed E-state index contributed by atoms with van der Waals surface area (Å²) in [6.45, 7) is 11.2. The first-order valence-corrected chi connectivity index (χ1v) is 9.63. The number of aryl methyl sites for hydroxylation is 2. The van der Waals surface area contributed by atoms with E-state index < -0.39 is 10.0 Å². The van der Waals surface area contributed by atoms with Gasteiger partial charge in [0.15, 0.2) is 0 Å². The van der Waals surface area contributed by atoms with E-state index in [0.29, 0.717) is 18.0 Å². The van der Waals surface area contributed by atoms with Crippen LogP contribution < -0.4 is 0 Å². The molecule has 130 valence electrons. The van der Waals surface area contributed by atoms with Crippen LogP contribution in [0.1, 0.15) is 28.7 Å². The van der Waals surface area contributed by atoms with Crippen LogP contribution in [-0.4, -0.2) is 62.1 Å². The predicted molar refractivity (Wildman–Crippen MR) is 92.3 cm³/mol. The molecule has 6 heteroatoms. The quantitative estimate of drug-likeness (QED) is 0.885. The lowest BCUT2D eigenvalue weighted by atomic mass is 10.0. The highest BCUT2D eigenvalue weighted by Gasteiger charge is 2.31. The van der Waals surface area contributed by atoms with Crippen molar-refractivity contribution in [1.29, 1.82) is 0 Å². The van der Waals surface area contributed by atoms with Gasteiger partial charge in [-0.05, 0) is 56.4 Å². The van der Waals surface area contributed by atoms with E-state index in [9.17, 15) is 8.42 Å². The van der Waals surface area contributed by atoms with Crippen LogP contribution in [0.15, 0.2) is 11.0 Å². The average molecular weight is 340 g/mol. The lowest BCUT2D eigenvalue weighted by Gasteiger charge is -2.34. The van der Waals surface area contributed by atoms with Gasteiger partial charge >= 0.3 is 0 Å². The number of hydrogen-bond donors (Lipinski definition) is 1. The Labute approximate surface area is 140 Å². The van der Waals surface area contributed by atoms with Crippen molar-refractivity contribution in [3.8, 4) is 0 Å². The topological polar surface area (TPSA) is 60.9 Å². The van der Waals surface area contributed by atoms with Gasteiger partial charge < -0.3 is 10.0 Å². The molecule has 1 aliphatic heterocycles. The van der Waals surface area contributed by atoms with Crippen LogP contribution in [-0.2, 0) is 10.0 Å². The first-order valence-electron chi connectivity index (χ1n) is 8.19. The highest BCUT2D eigenvalue weighted by molar-refractivity contribution is 7.89. The summed E-state index contributed by atoms with van der Waals surface area (Å²) >= 11 is 0. The van der Waals surface area contributed by atoms with Crippen molar-refractivity contribution in [1.82, 2.24) is 9.21 Å². The zero-order chi connectivity index (χ0) is 17.2. The highest BCUT2D eigenvalue weighted by atomic mass is 32.2. The van der Waals surface area contributed by atoms with Crippen LogP contribution in [0.4, 0.5) is 0 Å². The molecule has 0 amide bonds. The summed E-state index contributed by atoms with van der Waals surface area (Å²) in [6, 6.07) is 2.05. The number of rotatable bonds is 5. The summed E-state index contributed by atoms with van der Waals surface area (Å²) in [5.41, 5.74) is 3.76. The van der Waals surface area contributed by atoms with Crippen LogP contribution in [0.25, 0.3) is 0 Å². The summed E-state index contributed by atoms with van der Waals surface area (Å²) < 4.78 is 27.9. The molecule has 0 saturated carbocycles. The average Bonchev–Trinajstić information content (AvgIpc) is 2.51. The summed E-state index contributed by atoms with van der Waals surface area (Å²) in [7, 11) is -3.46. The van der Waals surface area contributed by atoms with Crippen LogP contribution >= 0.6 is 0 Å². The molecule has 0 unspecified atom stereocenters. The summed E-state index contributed by atoms with van der Waals surface area (Å²) in [5, 5.41) is 8.91. The molecule has 0 atom stereocenters. The van der Waals surface area contributed by atoms with E-state index in [-0.39, 0.29) is 6.61 Å². The van der Waals surface area contributed by atoms with Gasteiger partial charge in [0.05, 0.1) is 4.90 Å². The van der Waals surface area contributed by atoms with Crippen molar-refractivity contribution in [3.05, 3.63) is 28.3 Å². The molecule has 2 rings (SSSR count). The first kappa shape index (κ1) is 18.4. The zero-order valence-electron chi connectivity index (χ0n) is 14.6. The second kappa shape index (κ2) is 7.30. The van der Waals surface area contributed by atoms with Gasteiger partial charge in [0.1, 0.15) is 0 Å². The monoisotopic (exact) mass is 340 g/mol. The van der Waals surface area contributed by atoms with Crippen LogP contribution in [0.3, 0.4) is 0 Å². The number of aliphatic hydroxyl groups excluding tert-OH is 1. The highest BCUT2D eigenvalue weighted by Crippen LogP contribution is 2.29. The van der Waals surface area contributed by atoms with E-state index >= 15 is 0 Å². The lowest BCUT2D eigenvalue weighted by molar-refractivity contribution is 0.171. The Morgan fingerprint density at radius 2 is 1.52 bits per heavy atom. The number of aliphatic hydroxyl groups is 1. The maximum absolute atomic E-state index is 13.1. The minimum Gasteiger partial charge on any atom is -0.396 e. The Kier molecular flexibility index (Phi) is 5.84. The van der Waals surface area contributed by atoms with E-state index in [1.54, 1.807) is 4.31 Å². The van der Waals surface area contributed by atoms with Gasteiger partial charge in [0, 0.05) is 39.3 Å². The first-order chi connectivity index (χ1) is 10.8. The smallest absolute Gasteiger partial charge is 0.243 e. The third-order valence-electron chi connectivity index (χ3n) is 4.86. The van der Waals surface area contributed by atoms with Crippen molar-refractivity contribution >= 4 is 10.0 Å². The molecule has 1 aromatic rings. The molecular formula is C17H28N2O3S. The fourth-order valence-electron chi connectivity index (χ4n) is 3.18. The molecule has 1 aromatic carbocycles. The minimum absolute atomic E-state index is 0.180. The lowest BCUT2D eigenvalue weighted by Crippen LogP contribution is -2.49. The van der Waals surface area contributed by atoms with Gasteiger partial charge in [0.25, 0.3) is 0 Å². The van der Waals surface area contributed by atoms with Gasteiger partial charge in [-0.2, -0.15) is 4.31 Å². The van der Waals surface area contributed by atoms with Crippen molar-refractivity contribution in [2.45, 2.75) is 39.0 Å². The zero-order valence-corrected chi connectivity index (χ0v) is 15.4. The van der Waals surface area contributed by atoms with Crippen molar-refractivity contribution in [2.75, 3.05) is 39.3 Å². The molecule has 0 radical (unpaired) electrons. The normalized spacial score (nSPS) is 17.6. The molecule has 1 aliphatic rings. The van der Waals surface area contributed by atoms with Gasteiger partial charge in [-0.15, -0.1) is 0 Å². The molecule has 5 nitrogen and oxygen atoms in total. The van der Waals surface area contributed by atoms with Crippen LogP contribution in [0, 0.1) is 27.7 Å². The second-order valence-corrected chi connectivity index (χ2v) is 8.29. The fourth-order valence-corrected chi connectivity index (χ4v) is 5.18. The summed E-state index contributed by atoms with van der Waals surface area (Å²) in [6.07, 6.45) is 0.738. The summed E-state index contributed by atoms with van der Waals surface area (Å²) in [4.78, 5) is 2.70. The van der Waals surface area contributed by atoms with Crippen LogP contribution in [0.5, 0.6) is 0 Å². The maximum Gasteiger partial charge on any atom is 0.243 e. The van der Waals surface area contributed by atoms with Crippen molar-refractivity contribution in [2.24, 2.45) is 0 Å². The molecule has 1 saturated heterocycles. The molecule has 1 N–H and O–H groups in total. The van der Waals surface area contributed by atoms with Crippen molar-refractivity contribution in [3.63, 3.8) is 0 Å². The van der Waals surface area contributed by atoms with Gasteiger partial charge in [-0.25, -0.2) is 8.42 Å². The number of benzene rings is 1. The Hall–Kier alpha value is -0.950. The van der Waals surface area contributed by atoms with E-state index in [4.69, 9.17) is 5.11 Å². The minimum atomic E-state index is -3.46. The number of hydrogen-bond acceptors (Lipinski definition) is 4. The molecule has 0 aromatic heterocycles. The third-order valence-corrected chi connectivity index (χ3v) is 7.03. The van der Waals surface area contributed by atoms with E-state index in [2.05, 4.69) is 11.0 Å². The second-order valence-electron chi connectivity index (χ2n) is 6.41. The molecule has 23 heavy (non-hydrogen) atoms. The standard InChI is InChI=1S/C17H28N2O3S/c1-13-12-14(2)16(4)17(15(13)3)23(21,22)19-9-7-18(8-10-19)6-5-11-20/h12,20H,5-11H2,1-4H3. The Morgan fingerprint density at radius 1 is 1.00 bits per heavy atom. The van der Waals surface area contributed by atoms with Crippen molar-refractivity contribution < 1.29 is 13.5 Å².